The number of nitrogens with one attached hydrogen (secondary N) is 1. The van der Waals surface area contributed by atoms with Crippen LogP contribution in [0.2, 0.25) is 0 Å². The number of hydrogen-bond donors (Lipinski definition) is 1. The minimum Gasteiger partial charge on any atom is -0.379 e. The van der Waals surface area contributed by atoms with Gasteiger partial charge >= 0.3 is 0 Å². The fraction of sp³-hybridized carbons (Fsp3) is 1.00. The molecular formula is C31H69NO4. The molecule has 0 aliphatic carbocycles. The summed E-state index contributed by atoms with van der Waals surface area (Å²) in [5, 5.41) is 3.24. The monoisotopic (exact) mass is 520 g/mol. The topological polar surface area (TPSA) is 49.0 Å². The van der Waals surface area contributed by atoms with Crippen molar-refractivity contribution in [3.8, 4) is 0 Å². The van der Waals surface area contributed by atoms with Crippen LogP contribution in [0.1, 0.15) is 138 Å². The lowest BCUT2D eigenvalue weighted by molar-refractivity contribution is -0.0916. The van der Waals surface area contributed by atoms with Gasteiger partial charge in [0.25, 0.3) is 0 Å². The summed E-state index contributed by atoms with van der Waals surface area (Å²) in [5.41, 5.74) is 0. The second kappa shape index (κ2) is 34.8. The average Bonchev–Trinajstić information content (AvgIpc) is 2.84. The van der Waals surface area contributed by atoms with Crippen LogP contribution in [0.15, 0.2) is 0 Å². The second-order valence-corrected chi connectivity index (χ2v) is 9.75. The molecule has 0 rings (SSSR count). The SMILES string of the molecule is C.C.CCCCCCCCOCC(CNC)OCC(COCCCCCCCC)OCCCCCC. The molecule has 0 radical (unpaired) electrons. The van der Waals surface area contributed by atoms with Gasteiger partial charge in [0.1, 0.15) is 6.10 Å². The first kappa shape index (κ1) is 40.3. The Morgan fingerprint density at radius 3 is 1.39 bits per heavy atom. The molecule has 0 spiro atoms. The Balaban J connectivity index is -0.00000544. The van der Waals surface area contributed by atoms with Gasteiger partial charge in [0.15, 0.2) is 0 Å². The Hall–Kier alpha value is -0.200. The molecule has 2 unspecified atom stereocenters. The maximum absolute atomic E-state index is 6.21. The minimum absolute atomic E-state index is 0. The molecule has 0 saturated carbocycles. The highest BCUT2D eigenvalue weighted by Crippen LogP contribution is 2.08. The van der Waals surface area contributed by atoms with Crippen LogP contribution in [0.25, 0.3) is 0 Å². The summed E-state index contributed by atoms with van der Waals surface area (Å²) in [5.74, 6) is 0. The van der Waals surface area contributed by atoms with Crippen LogP contribution in [0.4, 0.5) is 0 Å². The van der Waals surface area contributed by atoms with Crippen molar-refractivity contribution in [2.24, 2.45) is 0 Å². The average molecular weight is 520 g/mol. The number of likely N-dealkylation sites (N-methyl/N-ethyl adjacent to an activating group) is 1. The second-order valence-electron chi connectivity index (χ2n) is 9.75. The first-order chi connectivity index (χ1) is 16.8. The summed E-state index contributed by atoms with van der Waals surface area (Å²) in [4.78, 5) is 0. The van der Waals surface area contributed by atoms with Gasteiger partial charge in [-0.1, -0.05) is 119 Å². The van der Waals surface area contributed by atoms with Crippen molar-refractivity contribution >= 4 is 0 Å². The van der Waals surface area contributed by atoms with Crippen molar-refractivity contribution in [3.05, 3.63) is 0 Å². The van der Waals surface area contributed by atoms with Crippen LogP contribution < -0.4 is 5.32 Å². The number of rotatable bonds is 29. The summed E-state index contributed by atoms with van der Waals surface area (Å²) in [6.07, 6.45) is 20.4. The van der Waals surface area contributed by atoms with Crippen molar-refractivity contribution in [3.63, 3.8) is 0 Å². The Morgan fingerprint density at radius 1 is 0.472 bits per heavy atom. The van der Waals surface area contributed by atoms with Gasteiger partial charge < -0.3 is 24.3 Å². The van der Waals surface area contributed by atoms with E-state index in [0.29, 0.717) is 19.8 Å². The number of ether oxygens (including phenoxy) is 4. The van der Waals surface area contributed by atoms with E-state index in [-0.39, 0.29) is 27.1 Å². The van der Waals surface area contributed by atoms with Crippen LogP contribution in [0.3, 0.4) is 0 Å². The van der Waals surface area contributed by atoms with Crippen molar-refractivity contribution in [1.29, 1.82) is 0 Å². The fourth-order valence-electron chi connectivity index (χ4n) is 3.96. The first-order valence-electron chi connectivity index (χ1n) is 14.8. The van der Waals surface area contributed by atoms with Gasteiger partial charge in [-0.05, 0) is 26.3 Å². The molecule has 0 heterocycles. The summed E-state index contributed by atoms with van der Waals surface area (Å²) in [6.45, 7) is 11.8. The molecule has 1 N–H and O–H groups in total. The molecule has 0 aromatic heterocycles. The smallest absolute Gasteiger partial charge is 0.104 e. The molecule has 0 aliphatic heterocycles. The summed E-state index contributed by atoms with van der Waals surface area (Å²) in [7, 11) is 1.97. The van der Waals surface area contributed by atoms with Crippen LogP contribution in [0, 0.1) is 0 Å². The molecule has 5 heteroatoms. The zero-order valence-electron chi connectivity index (χ0n) is 23.6. The van der Waals surface area contributed by atoms with Crippen molar-refractivity contribution in [2.45, 2.75) is 151 Å². The molecule has 0 aromatic carbocycles. The van der Waals surface area contributed by atoms with Gasteiger partial charge in [-0.3, -0.25) is 0 Å². The molecule has 36 heavy (non-hydrogen) atoms. The minimum atomic E-state index is -0.000334. The Morgan fingerprint density at radius 2 is 0.889 bits per heavy atom. The largest absolute Gasteiger partial charge is 0.379 e. The zero-order valence-corrected chi connectivity index (χ0v) is 23.6. The molecule has 0 amide bonds. The van der Waals surface area contributed by atoms with Crippen molar-refractivity contribution in [2.75, 3.05) is 53.2 Å². The predicted molar refractivity (Wildman–Crippen MR) is 159 cm³/mol. The van der Waals surface area contributed by atoms with E-state index in [9.17, 15) is 0 Å². The Labute approximate surface area is 228 Å². The third kappa shape index (κ3) is 30.0. The van der Waals surface area contributed by atoms with Gasteiger partial charge in [-0.15, -0.1) is 0 Å². The van der Waals surface area contributed by atoms with Crippen LogP contribution in [-0.2, 0) is 18.9 Å². The number of hydrogen-bond acceptors (Lipinski definition) is 5. The first-order valence-corrected chi connectivity index (χ1v) is 14.8. The van der Waals surface area contributed by atoms with E-state index in [1.54, 1.807) is 0 Å². The van der Waals surface area contributed by atoms with E-state index in [4.69, 9.17) is 18.9 Å². The third-order valence-corrected chi connectivity index (χ3v) is 6.19. The standard InChI is InChI=1S/C29H61NO4.2CH4/c1-5-8-11-14-16-18-21-31-25-28(24-30-4)34-27-29(33-23-20-13-10-7-3)26-32-22-19-17-15-12-9-6-2;;/h28-30H,5-27H2,1-4H3;2*1H4. The van der Waals surface area contributed by atoms with Gasteiger partial charge in [-0.2, -0.15) is 0 Å². The molecule has 0 bridgehead atoms. The van der Waals surface area contributed by atoms with Gasteiger partial charge in [0.2, 0.25) is 0 Å². The highest BCUT2D eigenvalue weighted by molar-refractivity contribution is 4.64. The van der Waals surface area contributed by atoms with E-state index in [2.05, 4.69) is 26.1 Å². The molecule has 0 aromatic rings. The van der Waals surface area contributed by atoms with E-state index in [1.165, 1.54) is 83.5 Å². The molecular weight excluding hydrogens is 450 g/mol. The van der Waals surface area contributed by atoms with E-state index >= 15 is 0 Å². The van der Waals surface area contributed by atoms with Crippen LogP contribution in [-0.4, -0.2) is 65.4 Å². The molecule has 0 fully saturated rings. The summed E-state index contributed by atoms with van der Waals surface area (Å²) >= 11 is 0. The lowest BCUT2D eigenvalue weighted by atomic mass is 10.1. The predicted octanol–water partition coefficient (Wildman–Crippen LogP) is 8.58. The molecule has 222 valence electrons. The van der Waals surface area contributed by atoms with E-state index < -0.39 is 0 Å². The Kier molecular flexibility index (Phi) is 39.0. The lowest BCUT2D eigenvalue weighted by Crippen LogP contribution is -2.35. The highest BCUT2D eigenvalue weighted by Gasteiger charge is 2.15. The Bertz CT molecular complexity index is 370. The molecule has 0 saturated heterocycles. The normalized spacial score (nSPS) is 12.7. The molecule has 5 nitrogen and oxygen atoms in total. The van der Waals surface area contributed by atoms with E-state index in [1.807, 2.05) is 7.05 Å². The molecule has 2 atom stereocenters. The van der Waals surface area contributed by atoms with Gasteiger partial charge in [-0.25, -0.2) is 0 Å². The summed E-state index contributed by atoms with van der Waals surface area (Å²) < 4.78 is 24.3. The number of unbranched alkanes of at least 4 members (excludes halogenated alkanes) is 13. The van der Waals surface area contributed by atoms with Crippen molar-refractivity contribution in [1.82, 2.24) is 5.32 Å². The zero-order chi connectivity index (χ0) is 25.0. The quantitative estimate of drug-likeness (QED) is 0.100. The highest BCUT2D eigenvalue weighted by atomic mass is 16.6. The lowest BCUT2D eigenvalue weighted by Gasteiger charge is -2.23. The maximum atomic E-state index is 6.21. The molecule has 0 aliphatic rings. The van der Waals surface area contributed by atoms with Gasteiger partial charge in [0, 0.05) is 26.4 Å². The van der Waals surface area contributed by atoms with Crippen molar-refractivity contribution < 1.29 is 18.9 Å². The third-order valence-electron chi connectivity index (χ3n) is 6.19. The van der Waals surface area contributed by atoms with Gasteiger partial charge in [0.05, 0.1) is 25.9 Å². The van der Waals surface area contributed by atoms with Crippen LogP contribution in [0.5, 0.6) is 0 Å². The fourth-order valence-corrected chi connectivity index (χ4v) is 3.96. The van der Waals surface area contributed by atoms with Crippen LogP contribution >= 0.6 is 0 Å². The van der Waals surface area contributed by atoms with E-state index in [0.717, 1.165) is 45.6 Å². The summed E-state index contributed by atoms with van der Waals surface area (Å²) in [6, 6.07) is 0. The maximum Gasteiger partial charge on any atom is 0.104 e.